The van der Waals surface area contributed by atoms with Crippen molar-refractivity contribution < 1.29 is 14.2 Å². The minimum Gasteiger partial charge on any atom is -0.376 e. The van der Waals surface area contributed by atoms with Crippen molar-refractivity contribution in [2.75, 3.05) is 26.9 Å². The molecule has 1 N–H and O–H groups in total. The van der Waals surface area contributed by atoms with E-state index in [1.165, 1.54) is 6.42 Å². The van der Waals surface area contributed by atoms with E-state index in [4.69, 9.17) is 14.2 Å². The van der Waals surface area contributed by atoms with Crippen LogP contribution in [0.4, 0.5) is 0 Å². The number of ether oxygens (including phenoxy) is 3. The van der Waals surface area contributed by atoms with E-state index in [1.54, 1.807) is 0 Å². The van der Waals surface area contributed by atoms with Crippen molar-refractivity contribution in [3.05, 3.63) is 0 Å². The van der Waals surface area contributed by atoms with E-state index in [0.717, 1.165) is 45.5 Å². The molecule has 0 aromatic rings. The molecule has 1 heterocycles. The largest absolute Gasteiger partial charge is 0.376 e. The number of hydrogen-bond donors (Lipinski definition) is 1. The van der Waals surface area contributed by atoms with Crippen LogP contribution in [0.1, 0.15) is 39.0 Å². The van der Waals surface area contributed by atoms with Crippen molar-refractivity contribution in [3.8, 4) is 0 Å². The summed E-state index contributed by atoms with van der Waals surface area (Å²) < 4.78 is 17.6. The summed E-state index contributed by atoms with van der Waals surface area (Å²) in [6, 6.07) is 0.435. The first-order chi connectivity index (χ1) is 8.29. The van der Waals surface area contributed by atoms with Gasteiger partial charge in [0.25, 0.3) is 0 Å². The van der Waals surface area contributed by atoms with Crippen LogP contribution in [0.2, 0.25) is 0 Å². The zero-order chi connectivity index (χ0) is 12.1. The predicted octanol–water partition coefficient (Wildman–Crippen LogP) is 1.69. The lowest BCUT2D eigenvalue weighted by molar-refractivity contribution is -0.206. The second-order valence-corrected chi connectivity index (χ2v) is 5.01. The van der Waals surface area contributed by atoms with Crippen LogP contribution in [-0.2, 0) is 14.2 Å². The second kappa shape index (κ2) is 6.14. The molecule has 1 saturated carbocycles. The third-order valence-electron chi connectivity index (χ3n) is 3.81. The Morgan fingerprint density at radius 3 is 2.76 bits per heavy atom. The first-order valence-corrected chi connectivity index (χ1v) is 6.86. The predicted molar refractivity (Wildman–Crippen MR) is 66.0 cm³/mol. The smallest absolute Gasteiger partial charge is 0.171 e. The van der Waals surface area contributed by atoms with Crippen molar-refractivity contribution in [1.82, 2.24) is 5.32 Å². The van der Waals surface area contributed by atoms with Gasteiger partial charge in [-0.25, -0.2) is 0 Å². The molecule has 4 nitrogen and oxygen atoms in total. The molecule has 0 radical (unpaired) electrons. The molecule has 1 aliphatic carbocycles. The molecule has 1 spiro atoms. The van der Waals surface area contributed by atoms with Gasteiger partial charge in [-0.05, 0) is 19.9 Å². The standard InChI is InChI=1S/C13H25NO3/c1-3-4-7-15-12-10-13(16-8-9-17-13)6-5-11(12)14-2/h11-12,14H,3-10H2,1-2H3. The van der Waals surface area contributed by atoms with Gasteiger partial charge in [0, 0.05) is 25.5 Å². The van der Waals surface area contributed by atoms with Crippen molar-refractivity contribution in [2.45, 2.75) is 57.0 Å². The molecule has 0 aromatic heterocycles. The highest BCUT2D eigenvalue weighted by Crippen LogP contribution is 2.37. The normalized spacial score (nSPS) is 32.1. The summed E-state index contributed by atoms with van der Waals surface area (Å²) in [5.74, 6) is -0.343. The van der Waals surface area contributed by atoms with Crippen molar-refractivity contribution in [2.24, 2.45) is 0 Å². The van der Waals surface area contributed by atoms with Crippen LogP contribution >= 0.6 is 0 Å². The van der Waals surface area contributed by atoms with Gasteiger partial charge < -0.3 is 19.5 Å². The molecule has 2 fully saturated rings. The fraction of sp³-hybridized carbons (Fsp3) is 1.00. The Morgan fingerprint density at radius 2 is 2.12 bits per heavy atom. The zero-order valence-corrected chi connectivity index (χ0v) is 11.0. The van der Waals surface area contributed by atoms with Crippen LogP contribution in [0.5, 0.6) is 0 Å². The average molecular weight is 243 g/mol. The number of likely N-dealkylation sites (N-methyl/N-ethyl adjacent to an activating group) is 1. The van der Waals surface area contributed by atoms with Gasteiger partial charge >= 0.3 is 0 Å². The van der Waals surface area contributed by atoms with Gasteiger partial charge in [0.15, 0.2) is 5.79 Å². The number of hydrogen-bond acceptors (Lipinski definition) is 4. The molecule has 0 amide bonds. The summed E-state index contributed by atoms with van der Waals surface area (Å²) in [6.07, 6.45) is 5.43. The summed E-state index contributed by atoms with van der Waals surface area (Å²) in [4.78, 5) is 0. The van der Waals surface area contributed by atoms with Gasteiger partial charge in [0.05, 0.1) is 19.3 Å². The monoisotopic (exact) mass is 243 g/mol. The molecular weight excluding hydrogens is 218 g/mol. The summed E-state index contributed by atoms with van der Waals surface area (Å²) in [5.41, 5.74) is 0. The Morgan fingerprint density at radius 1 is 1.35 bits per heavy atom. The SMILES string of the molecule is CCCCOC1CC2(CCC1NC)OCCO2. The Balaban J connectivity index is 1.88. The van der Waals surface area contributed by atoms with E-state index in [2.05, 4.69) is 12.2 Å². The molecule has 1 saturated heterocycles. The van der Waals surface area contributed by atoms with Crippen LogP contribution < -0.4 is 5.32 Å². The number of rotatable bonds is 5. The van der Waals surface area contributed by atoms with Gasteiger partial charge in [-0.2, -0.15) is 0 Å². The van der Waals surface area contributed by atoms with E-state index in [1.807, 2.05) is 7.05 Å². The summed E-state index contributed by atoms with van der Waals surface area (Å²) >= 11 is 0. The molecular formula is C13H25NO3. The fourth-order valence-electron chi connectivity index (χ4n) is 2.76. The maximum Gasteiger partial charge on any atom is 0.171 e. The van der Waals surface area contributed by atoms with Crippen molar-refractivity contribution in [3.63, 3.8) is 0 Å². The van der Waals surface area contributed by atoms with E-state index in [9.17, 15) is 0 Å². The summed E-state index contributed by atoms with van der Waals surface area (Å²) in [7, 11) is 2.01. The van der Waals surface area contributed by atoms with Gasteiger partial charge in [-0.3, -0.25) is 0 Å². The van der Waals surface area contributed by atoms with E-state index >= 15 is 0 Å². The lowest BCUT2D eigenvalue weighted by Gasteiger charge is -2.40. The average Bonchev–Trinajstić information content (AvgIpc) is 2.78. The first-order valence-electron chi connectivity index (χ1n) is 6.86. The molecule has 4 heteroatoms. The van der Waals surface area contributed by atoms with Crippen molar-refractivity contribution in [1.29, 1.82) is 0 Å². The minimum absolute atomic E-state index is 0.221. The molecule has 2 unspecified atom stereocenters. The Bertz CT molecular complexity index is 229. The van der Waals surface area contributed by atoms with Crippen LogP contribution in [0, 0.1) is 0 Å². The van der Waals surface area contributed by atoms with Gasteiger partial charge in [-0.15, -0.1) is 0 Å². The molecule has 2 atom stereocenters. The van der Waals surface area contributed by atoms with Crippen molar-refractivity contribution >= 4 is 0 Å². The maximum absolute atomic E-state index is 5.99. The first kappa shape index (κ1) is 13.3. The highest BCUT2D eigenvalue weighted by molar-refractivity contribution is 4.91. The molecule has 2 aliphatic rings. The van der Waals surface area contributed by atoms with Crippen LogP contribution in [-0.4, -0.2) is 44.8 Å². The van der Waals surface area contributed by atoms with Crippen LogP contribution in [0.3, 0.4) is 0 Å². The summed E-state index contributed by atoms with van der Waals surface area (Å²) in [5, 5.41) is 3.35. The molecule has 0 bridgehead atoms. The summed E-state index contributed by atoms with van der Waals surface area (Å²) in [6.45, 7) is 4.48. The minimum atomic E-state index is -0.343. The lowest BCUT2D eigenvalue weighted by Crippen LogP contribution is -2.51. The van der Waals surface area contributed by atoms with Crippen LogP contribution in [0.25, 0.3) is 0 Å². The van der Waals surface area contributed by atoms with E-state index in [0.29, 0.717) is 6.04 Å². The zero-order valence-electron chi connectivity index (χ0n) is 11.0. The molecule has 17 heavy (non-hydrogen) atoms. The molecule has 1 aliphatic heterocycles. The van der Waals surface area contributed by atoms with Gasteiger partial charge in [-0.1, -0.05) is 13.3 Å². The second-order valence-electron chi connectivity index (χ2n) is 5.01. The lowest BCUT2D eigenvalue weighted by atomic mass is 9.87. The van der Waals surface area contributed by atoms with Gasteiger partial charge in [0.1, 0.15) is 0 Å². The third-order valence-corrected chi connectivity index (χ3v) is 3.81. The number of unbranched alkanes of at least 4 members (excludes halogenated alkanes) is 1. The van der Waals surface area contributed by atoms with Crippen LogP contribution in [0.15, 0.2) is 0 Å². The highest BCUT2D eigenvalue weighted by Gasteiger charge is 2.45. The molecule has 0 aromatic carbocycles. The topological polar surface area (TPSA) is 39.7 Å². The van der Waals surface area contributed by atoms with E-state index < -0.39 is 0 Å². The maximum atomic E-state index is 5.99. The molecule has 2 rings (SSSR count). The Labute approximate surface area is 104 Å². The Hall–Kier alpha value is -0.160. The fourth-order valence-corrected chi connectivity index (χ4v) is 2.76. The quantitative estimate of drug-likeness (QED) is 0.746. The van der Waals surface area contributed by atoms with E-state index in [-0.39, 0.29) is 11.9 Å². The third kappa shape index (κ3) is 3.19. The highest BCUT2D eigenvalue weighted by atomic mass is 16.7. The van der Waals surface area contributed by atoms with Gasteiger partial charge in [0.2, 0.25) is 0 Å². The molecule has 100 valence electrons. The Kier molecular flexibility index (Phi) is 4.79. The number of nitrogens with one attached hydrogen (secondary N) is 1.